The zero-order valence-electron chi connectivity index (χ0n) is 13.0. The summed E-state index contributed by atoms with van der Waals surface area (Å²) in [6, 6.07) is 4.68. The van der Waals surface area contributed by atoms with Gasteiger partial charge in [-0.1, -0.05) is 63.5 Å². The molecule has 0 bridgehead atoms. The van der Waals surface area contributed by atoms with Crippen LogP contribution in [0.2, 0.25) is 5.02 Å². The summed E-state index contributed by atoms with van der Waals surface area (Å²) in [5, 5.41) is 3.68. The molecule has 0 heterocycles. The molecule has 0 spiro atoms. The first-order valence-electron chi connectivity index (χ1n) is 8.08. The molecule has 0 aromatic heterocycles. The maximum absolute atomic E-state index is 13.3. The molecule has 0 saturated carbocycles. The van der Waals surface area contributed by atoms with Crippen molar-refractivity contribution < 1.29 is 4.39 Å². The van der Waals surface area contributed by atoms with E-state index < -0.39 is 0 Å². The highest BCUT2D eigenvalue weighted by molar-refractivity contribution is 6.30. The van der Waals surface area contributed by atoms with E-state index in [2.05, 4.69) is 12.2 Å². The molecule has 0 radical (unpaired) electrons. The molecule has 1 atom stereocenters. The molecule has 21 heavy (non-hydrogen) atoms. The molecular weight excluding hydrogens is 287 g/mol. The Labute approximate surface area is 133 Å². The second-order valence-corrected chi connectivity index (χ2v) is 6.08. The molecule has 1 aromatic carbocycles. The molecule has 1 aromatic rings. The third-order valence-corrected chi connectivity index (χ3v) is 3.89. The van der Waals surface area contributed by atoms with E-state index in [-0.39, 0.29) is 11.9 Å². The average Bonchev–Trinajstić information content (AvgIpc) is 2.44. The van der Waals surface area contributed by atoms with Crippen LogP contribution in [-0.4, -0.2) is 12.6 Å². The third kappa shape index (κ3) is 8.27. The van der Waals surface area contributed by atoms with Crippen molar-refractivity contribution in [3.8, 4) is 0 Å². The highest BCUT2D eigenvalue weighted by atomic mass is 35.5. The van der Waals surface area contributed by atoms with E-state index >= 15 is 0 Å². The fourth-order valence-corrected chi connectivity index (χ4v) is 2.69. The van der Waals surface area contributed by atoms with Crippen LogP contribution in [0, 0.1) is 5.82 Å². The summed E-state index contributed by atoms with van der Waals surface area (Å²) in [5.41, 5.74) is 6.49. The summed E-state index contributed by atoms with van der Waals surface area (Å²) in [6.45, 7) is 2.78. The van der Waals surface area contributed by atoms with Gasteiger partial charge < -0.3 is 11.1 Å². The average molecular weight is 315 g/mol. The number of nitrogens with one attached hydrogen (secondary N) is 1. The molecular formula is C17H28ClFN2. The van der Waals surface area contributed by atoms with Gasteiger partial charge in [-0.2, -0.15) is 0 Å². The van der Waals surface area contributed by atoms with Gasteiger partial charge in [0.15, 0.2) is 0 Å². The van der Waals surface area contributed by atoms with E-state index in [1.165, 1.54) is 50.7 Å². The summed E-state index contributed by atoms with van der Waals surface area (Å²) in [7, 11) is 0. The van der Waals surface area contributed by atoms with Crippen molar-refractivity contribution in [3.05, 3.63) is 29.0 Å². The van der Waals surface area contributed by atoms with E-state index in [9.17, 15) is 4.39 Å². The monoisotopic (exact) mass is 314 g/mol. The van der Waals surface area contributed by atoms with Gasteiger partial charge in [-0.05, 0) is 24.6 Å². The van der Waals surface area contributed by atoms with Gasteiger partial charge >= 0.3 is 0 Å². The van der Waals surface area contributed by atoms with Gasteiger partial charge in [0.2, 0.25) is 0 Å². The topological polar surface area (TPSA) is 38.0 Å². The molecule has 2 nitrogen and oxygen atoms in total. The first-order valence-corrected chi connectivity index (χ1v) is 8.46. The van der Waals surface area contributed by atoms with Crippen molar-refractivity contribution in [3.63, 3.8) is 0 Å². The lowest BCUT2D eigenvalue weighted by Gasteiger charge is -2.18. The van der Waals surface area contributed by atoms with Crippen LogP contribution in [0.1, 0.15) is 58.3 Å². The Morgan fingerprint density at radius 2 is 1.76 bits per heavy atom. The molecule has 0 fully saturated rings. The van der Waals surface area contributed by atoms with Crippen LogP contribution in [0.4, 0.5) is 10.1 Å². The van der Waals surface area contributed by atoms with Crippen LogP contribution in [0.15, 0.2) is 18.2 Å². The lowest BCUT2D eigenvalue weighted by Crippen LogP contribution is -2.28. The standard InChI is InChI=1S/C17H28ClFN2/c1-2-3-4-5-6-7-8-9-16(13-20)21-17-11-14(18)10-15(19)12-17/h10-12,16,21H,2-9,13,20H2,1H3. The Hall–Kier alpha value is -0.800. The highest BCUT2D eigenvalue weighted by Crippen LogP contribution is 2.20. The summed E-state index contributed by atoms with van der Waals surface area (Å²) in [5.74, 6) is -0.323. The number of hydrogen-bond donors (Lipinski definition) is 2. The SMILES string of the molecule is CCCCCCCCCC(CN)Nc1cc(F)cc(Cl)c1. The van der Waals surface area contributed by atoms with Crippen LogP contribution in [0.25, 0.3) is 0 Å². The first-order chi connectivity index (χ1) is 10.2. The van der Waals surface area contributed by atoms with E-state index in [0.29, 0.717) is 17.3 Å². The molecule has 0 saturated heterocycles. The Bertz CT molecular complexity index is 378. The van der Waals surface area contributed by atoms with Gasteiger partial charge in [0.05, 0.1) is 0 Å². The Morgan fingerprint density at radius 3 is 2.38 bits per heavy atom. The quantitative estimate of drug-likeness (QED) is 0.540. The minimum Gasteiger partial charge on any atom is -0.381 e. The summed E-state index contributed by atoms with van der Waals surface area (Å²) in [6.07, 6.45) is 10.0. The second kappa shape index (κ2) is 10.9. The zero-order chi connectivity index (χ0) is 15.5. The first kappa shape index (κ1) is 18.2. The second-order valence-electron chi connectivity index (χ2n) is 5.65. The molecule has 0 aliphatic carbocycles. The smallest absolute Gasteiger partial charge is 0.126 e. The van der Waals surface area contributed by atoms with Crippen molar-refractivity contribution >= 4 is 17.3 Å². The fourth-order valence-electron chi connectivity index (χ4n) is 2.47. The number of anilines is 1. The van der Waals surface area contributed by atoms with Crippen molar-refractivity contribution in [2.75, 3.05) is 11.9 Å². The lowest BCUT2D eigenvalue weighted by atomic mass is 10.0. The van der Waals surface area contributed by atoms with Gasteiger partial charge in [0.25, 0.3) is 0 Å². The maximum Gasteiger partial charge on any atom is 0.126 e. The zero-order valence-corrected chi connectivity index (χ0v) is 13.8. The van der Waals surface area contributed by atoms with Crippen LogP contribution in [0.3, 0.4) is 0 Å². The predicted molar refractivity (Wildman–Crippen MR) is 90.5 cm³/mol. The molecule has 0 aliphatic rings. The summed E-state index contributed by atoms with van der Waals surface area (Å²) < 4.78 is 13.3. The van der Waals surface area contributed by atoms with E-state index in [1.807, 2.05) is 0 Å². The molecule has 120 valence electrons. The van der Waals surface area contributed by atoms with Gasteiger partial charge in [-0.15, -0.1) is 0 Å². The molecule has 3 N–H and O–H groups in total. The van der Waals surface area contributed by atoms with Crippen LogP contribution in [-0.2, 0) is 0 Å². The van der Waals surface area contributed by atoms with Gasteiger partial charge in [-0.3, -0.25) is 0 Å². The Morgan fingerprint density at radius 1 is 1.10 bits per heavy atom. The van der Waals surface area contributed by atoms with Crippen molar-refractivity contribution in [1.82, 2.24) is 0 Å². The number of rotatable bonds is 11. The molecule has 1 rings (SSSR count). The van der Waals surface area contributed by atoms with Crippen LogP contribution >= 0.6 is 11.6 Å². The number of nitrogens with two attached hydrogens (primary N) is 1. The minimum atomic E-state index is -0.323. The molecule has 0 amide bonds. The van der Waals surface area contributed by atoms with Crippen molar-refractivity contribution in [1.29, 1.82) is 0 Å². The summed E-state index contributed by atoms with van der Waals surface area (Å²) >= 11 is 5.85. The van der Waals surface area contributed by atoms with Crippen LogP contribution in [0.5, 0.6) is 0 Å². The normalized spacial score (nSPS) is 12.4. The predicted octanol–water partition coefficient (Wildman–Crippen LogP) is 5.36. The lowest BCUT2D eigenvalue weighted by molar-refractivity contribution is 0.547. The maximum atomic E-state index is 13.3. The van der Waals surface area contributed by atoms with Gasteiger partial charge in [0, 0.05) is 23.3 Å². The van der Waals surface area contributed by atoms with E-state index in [4.69, 9.17) is 17.3 Å². The Balaban J connectivity index is 2.25. The molecule has 0 aliphatic heterocycles. The van der Waals surface area contributed by atoms with Crippen molar-refractivity contribution in [2.45, 2.75) is 64.3 Å². The minimum absolute atomic E-state index is 0.179. The number of benzene rings is 1. The van der Waals surface area contributed by atoms with Gasteiger partial charge in [-0.25, -0.2) is 4.39 Å². The largest absolute Gasteiger partial charge is 0.381 e. The fraction of sp³-hybridized carbons (Fsp3) is 0.647. The van der Waals surface area contributed by atoms with Gasteiger partial charge in [0.1, 0.15) is 5.82 Å². The summed E-state index contributed by atoms with van der Waals surface area (Å²) in [4.78, 5) is 0. The van der Waals surface area contributed by atoms with Crippen molar-refractivity contribution in [2.24, 2.45) is 5.73 Å². The van der Waals surface area contributed by atoms with Crippen LogP contribution < -0.4 is 11.1 Å². The number of unbranched alkanes of at least 4 members (excludes halogenated alkanes) is 6. The number of halogens is 2. The Kier molecular flexibility index (Phi) is 9.44. The highest BCUT2D eigenvalue weighted by Gasteiger charge is 2.07. The molecule has 1 unspecified atom stereocenters. The molecule has 4 heteroatoms. The van der Waals surface area contributed by atoms with E-state index in [0.717, 1.165) is 12.8 Å². The third-order valence-electron chi connectivity index (χ3n) is 3.67. The van der Waals surface area contributed by atoms with E-state index in [1.54, 1.807) is 6.07 Å². The number of hydrogen-bond acceptors (Lipinski definition) is 2.